The molecule has 4 unspecified atom stereocenters. The molecule has 54 heavy (non-hydrogen) atoms. The van der Waals surface area contributed by atoms with E-state index >= 15 is 0 Å². The van der Waals surface area contributed by atoms with E-state index in [1.807, 2.05) is 58.9 Å². The highest BCUT2D eigenvalue weighted by molar-refractivity contribution is 6.34. The van der Waals surface area contributed by atoms with Crippen LogP contribution in [0.15, 0.2) is 67.5 Å². The van der Waals surface area contributed by atoms with Crippen LogP contribution in [0.25, 0.3) is 0 Å². The molecule has 13 nitrogen and oxygen atoms in total. The van der Waals surface area contributed by atoms with Gasteiger partial charge in [-0.3, -0.25) is 9.59 Å². The fourth-order valence-corrected chi connectivity index (χ4v) is 6.73. The number of rotatable bonds is 20. The first-order valence-corrected chi connectivity index (χ1v) is 18.5. The SMILES string of the molecule is Cc1ccc(Cn2cncc2C(CNC(CC(C)C)C(=O)OC(=O)C(CC(C)C)NCC(C(=O)O)c2cncn2Cc2cc(Cl)cc(Cl)c2)C(=O)O)cc1. The molecule has 0 amide bonds. The van der Waals surface area contributed by atoms with Crippen LogP contribution in [0.5, 0.6) is 0 Å². The van der Waals surface area contributed by atoms with E-state index < -0.39 is 47.8 Å². The second-order valence-corrected chi connectivity index (χ2v) is 15.2. The number of hydrogen-bond acceptors (Lipinski definition) is 9. The summed E-state index contributed by atoms with van der Waals surface area (Å²) in [5, 5.41) is 27.4. The zero-order valence-electron chi connectivity index (χ0n) is 31.0. The standard InChI is InChI=1S/C39H48Cl2N6O7/c1-23(2)10-32(44-15-30(36(48)49)34-17-42-21-46(34)19-26-8-6-25(5)7-9-26)38(52)54-39(53)33(11-24(3)4)45-16-31(37(50)51)35-18-43-22-47(35)20-27-12-28(40)14-29(41)13-27/h6-9,12-14,17-18,21-24,30-33,44-45H,10-11,15-16,19-20H2,1-5H3,(H,48,49)(H,50,51). The molecule has 0 fully saturated rings. The summed E-state index contributed by atoms with van der Waals surface area (Å²) in [5.74, 6) is -6.14. The maximum Gasteiger partial charge on any atom is 0.330 e. The number of carbonyl (C=O) groups excluding carboxylic acids is 2. The van der Waals surface area contributed by atoms with Gasteiger partial charge < -0.3 is 34.7 Å². The second-order valence-electron chi connectivity index (χ2n) is 14.4. The van der Waals surface area contributed by atoms with Crippen LogP contribution in [0.1, 0.15) is 80.5 Å². The molecule has 0 radical (unpaired) electrons. The number of aryl methyl sites for hydroxylation is 1. The summed E-state index contributed by atoms with van der Waals surface area (Å²) in [7, 11) is 0. The van der Waals surface area contributed by atoms with Crippen LogP contribution in [-0.2, 0) is 37.0 Å². The van der Waals surface area contributed by atoms with E-state index in [1.165, 1.54) is 18.7 Å². The van der Waals surface area contributed by atoms with Gasteiger partial charge in [0.1, 0.15) is 23.9 Å². The Hall–Kier alpha value is -4.56. The summed E-state index contributed by atoms with van der Waals surface area (Å²) in [6.07, 6.45) is 6.56. The van der Waals surface area contributed by atoms with Crippen molar-refractivity contribution in [3.05, 3.63) is 106 Å². The number of halogens is 2. The third kappa shape index (κ3) is 12.2. The Kier molecular flexibility index (Phi) is 15.4. The van der Waals surface area contributed by atoms with E-state index in [2.05, 4.69) is 20.6 Å². The number of benzene rings is 2. The van der Waals surface area contributed by atoms with Gasteiger partial charge in [-0.25, -0.2) is 19.6 Å². The molecule has 4 rings (SSSR count). The number of ether oxygens (including phenoxy) is 1. The summed E-state index contributed by atoms with van der Waals surface area (Å²) in [5.41, 5.74) is 3.67. The fraction of sp³-hybridized carbons (Fsp3) is 0.436. The molecular weight excluding hydrogens is 735 g/mol. The average molecular weight is 784 g/mol. The zero-order valence-corrected chi connectivity index (χ0v) is 32.5. The molecule has 290 valence electrons. The maximum absolute atomic E-state index is 13.6. The van der Waals surface area contributed by atoms with Crippen molar-refractivity contribution >= 4 is 47.1 Å². The molecule has 2 aromatic heterocycles. The number of hydrogen-bond donors (Lipinski definition) is 4. The summed E-state index contributed by atoms with van der Waals surface area (Å²) in [4.78, 5) is 60.5. The summed E-state index contributed by atoms with van der Waals surface area (Å²) >= 11 is 12.3. The molecule has 2 heterocycles. The van der Waals surface area contributed by atoms with Gasteiger partial charge in [0.25, 0.3) is 0 Å². The van der Waals surface area contributed by atoms with Gasteiger partial charge >= 0.3 is 23.9 Å². The van der Waals surface area contributed by atoms with E-state index in [-0.39, 0.29) is 44.3 Å². The van der Waals surface area contributed by atoms with Crippen molar-refractivity contribution < 1.29 is 34.1 Å². The van der Waals surface area contributed by atoms with Crippen LogP contribution in [0.4, 0.5) is 0 Å². The van der Waals surface area contributed by atoms with Crippen LogP contribution in [0.3, 0.4) is 0 Å². The molecule has 2 aromatic carbocycles. The van der Waals surface area contributed by atoms with Crippen LogP contribution in [0, 0.1) is 18.8 Å². The third-order valence-electron chi connectivity index (χ3n) is 8.87. The number of carboxylic acid groups (broad SMARTS) is 2. The lowest BCUT2D eigenvalue weighted by atomic mass is 10.0. The number of aromatic nitrogens is 4. The van der Waals surface area contributed by atoms with Gasteiger partial charge in [-0.15, -0.1) is 0 Å². The molecule has 0 saturated heterocycles. The molecule has 0 bridgehead atoms. The minimum atomic E-state index is -1.14. The zero-order chi connectivity index (χ0) is 39.5. The van der Waals surface area contributed by atoms with Gasteiger partial charge in [0.2, 0.25) is 0 Å². The van der Waals surface area contributed by atoms with E-state index in [9.17, 15) is 29.4 Å². The third-order valence-corrected chi connectivity index (χ3v) is 9.31. The van der Waals surface area contributed by atoms with Gasteiger partial charge in [-0.05, 0) is 60.9 Å². The topological polar surface area (TPSA) is 178 Å². The number of aliphatic carboxylic acids is 2. The van der Waals surface area contributed by atoms with Crippen molar-refractivity contribution in [3.63, 3.8) is 0 Å². The Balaban J connectivity index is 1.45. The van der Waals surface area contributed by atoms with Crippen LogP contribution in [-0.4, -0.2) is 78.4 Å². The fourth-order valence-electron chi connectivity index (χ4n) is 6.16. The van der Waals surface area contributed by atoms with Crippen molar-refractivity contribution in [2.75, 3.05) is 13.1 Å². The Bertz CT molecular complexity index is 1870. The molecule has 0 spiro atoms. The van der Waals surface area contributed by atoms with Crippen molar-refractivity contribution in [2.45, 2.75) is 84.5 Å². The van der Waals surface area contributed by atoms with Crippen LogP contribution >= 0.6 is 23.2 Å². The number of carboxylic acids is 2. The smallest absolute Gasteiger partial charge is 0.330 e. The summed E-state index contributed by atoms with van der Waals surface area (Å²) in [6.45, 7) is 9.95. The first-order chi connectivity index (χ1) is 25.6. The molecule has 0 saturated carbocycles. The van der Waals surface area contributed by atoms with Crippen molar-refractivity contribution in [3.8, 4) is 0 Å². The highest BCUT2D eigenvalue weighted by Gasteiger charge is 2.33. The van der Waals surface area contributed by atoms with E-state index in [0.717, 1.165) is 16.7 Å². The lowest BCUT2D eigenvalue weighted by Crippen LogP contribution is -2.47. The number of esters is 2. The summed E-state index contributed by atoms with van der Waals surface area (Å²) in [6, 6.07) is 10.9. The Morgan fingerprint density at radius 3 is 1.54 bits per heavy atom. The van der Waals surface area contributed by atoms with E-state index in [0.29, 0.717) is 28.0 Å². The Labute approximate surface area is 325 Å². The van der Waals surface area contributed by atoms with E-state index in [1.54, 1.807) is 33.7 Å². The van der Waals surface area contributed by atoms with Crippen molar-refractivity contribution in [2.24, 2.45) is 11.8 Å². The minimum absolute atomic E-state index is 0.00538. The van der Waals surface area contributed by atoms with Gasteiger partial charge in [-0.2, -0.15) is 0 Å². The largest absolute Gasteiger partial charge is 0.481 e. The molecule has 4 aromatic rings. The number of imidazole rings is 2. The molecule has 0 aliphatic heterocycles. The van der Waals surface area contributed by atoms with Gasteiger partial charge in [0.15, 0.2) is 0 Å². The lowest BCUT2D eigenvalue weighted by Gasteiger charge is -2.24. The average Bonchev–Trinajstić information content (AvgIpc) is 3.73. The number of nitrogens with one attached hydrogen (secondary N) is 2. The number of carbonyl (C=O) groups is 4. The monoisotopic (exact) mass is 782 g/mol. The minimum Gasteiger partial charge on any atom is -0.481 e. The predicted octanol–water partition coefficient (Wildman–Crippen LogP) is 5.91. The highest BCUT2D eigenvalue weighted by atomic mass is 35.5. The van der Waals surface area contributed by atoms with Crippen LogP contribution < -0.4 is 10.6 Å². The highest BCUT2D eigenvalue weighted by Crippen LogP contribution is 2.23. The van der Waals surface area contributed by atoms with Gasteiger partial charge in [-0.1, -0.05) is 80.7 Å². The molecule has 4 N–H and O–H groups in total. The first-order valence-electron chi connectivity index (χ1n) is 17.8. The molecule has 0 aliphatic carbocycles. The number of nitrogens with zero attached hydrogens (tertiary/aromatic N) is 4. The van der Waals surface area contributed by atoms with Gasteiger partial charge in [0, 0.05) is 48.6 Å². The van der Waals surface area contributed by atoms with Crippen molar-refractivity contribution in [1.82, 2.24) is 29.7 Å². The Morgan fingerprint density at radius 2 is 1.13 bits per heavy atom. The van der Waals surface area contributed by atoms with Crippen molar-refractivity contribution in [1.29, 1.82) is 0 Å². The maximum atomic E-state index is 13.6. The van der Waals surface area contributed by atoms with Gasteiger partial charge in [0.05, 0.1) is 24.0 Å². The second kappa shape index (κ2) is 19.7. The van der Waals surface area contributed by atoms with Crippen LogP contribution in [0.2, 0.25) is 10.0 Å². The molecule has 15 heteroatoms. The Morgan fingerprint density at radius 1 is 0.704 bits per heavy atom. The first kappa shape index (κ1) is 42.2. The lowest BCUT2D eigenvalue weighted by molar-refractivity contribution is -0.163. The normalized spacial score (nSPS) is 13.8. The predicted molar refractivity (Wildman–Crippen MR) is 205 cm³/mol. The molecule has 0 aliphatic rings. The summed E-state index contributed by atoms with van der Waals surface area (Å²) < 4.78 is 8.85. The molecular formula is C39H48Cl2N6O7. The molecule has 4 atom stereocenters. The quantitative estimate of drug-likeness (QED) is 0.0620. The van der Waals surface area contributed by atoms with E-state index in [4.69, 9.17) is 27.9 Å².